The number of hydrogen-bond acceptors (Lipinski definition) is 3. The van der Waals surface area contributed by atoms with E-state index in [-0.39, 0.29) is 12.5 Å². The second-order valence-electron chi connectivity index (χ2n) is 6.47. The van der Waals surface area contributed by atoms with E-state index in [1.54, 1.807) is 31.4 Å². The molecule has 0 aromatic heterocycles. The van der Waals surface area contributed by atoms with E-state index >= 15 is 0 Å². The van der Waals surface area contributed by atoms with Gasteiger partial charge in [0.1, 0.15) is 11.6 Å². The minimum absolute atomic E-state index is 0.179. The first-order valence-electron chi connectivity index (χ1n) is 8.57. The zero-order valence-electron chi connectivity index (χ0n) is 14.7. The third-order valence-electron chi connectivity index (χ3n) is 4.89. The Labute approximate surface area is 156 Å². The number of methoxy groups -OCH3 is 1. The highest BCUT2D eigenvalue weighted by Gasteiger charge is 2.49. The molecular weight excluding hydrogens is 345 g/mol. The van der Waals surface area contributed by atoms with Crippen LogP contribution in [0.2, 0.25) is 0 Å². The van der Waals surface area contributed by atoms with E-state index < -0.39 is 11.5 Å². The fourth-order valence-electron chi connectivity index (χ4n) is 3.54. The molecule has 0 saturated heterocycles. The summed E-state index contributed by atoms with van der Waals surface area (Å²) >= 11 is 0. The number of amides is 1. The number of rotatable bonds is 4. The number of nitrogens with zero attached hydrogens (tertiary/aromatic N) is 1. The van der Waals surface area contributed by atoms with Gasteiger partial charge in [0, 0.05) is 23.2 Å². The van der Waals surface area contributed by atoms with Crippen molar-refractivity contribution < 1.29 is 19.0 Å². The molecule has 0 radical (unpaired) electrons. The predicted molar refractivity (Wildman–Crippen MR) is 98.7 cm³/mol. The third kappa shape index (κ3) is 2.76. The predicted octanol–water partition coefficient (Wildman–Crippen LogP) is 3.68. The van der Waals surface area contributed by atoms with E-state index in [0.717, 1.165) is 5.56 Å². The highest BCUT2D eigenvalue weighted by Crippen LogP contribution is 2.43. The molecule has 0 unspecified atom stereocenters. The van der Waals surface area contributed by atoms with E-state index in [0.29, 0.717) is 22.4 Å². The summed E-state index contributed by atoms with van der Waals surface area (Å²) in [6.45, 7) is 0.179. The molecule has 4 rings (SSSR count). The maximum Gasteiger partial charge on any atom is 0.257 e. The Kier molecular flexibility index (Phi) is 4.16. The lowest BCUT2D eigenvalue weighted by molar-refractivity contribution is -0.0543. The largest absolute Gasteiger partial charge is 0.497 e. The van der Waals surface area contributed by atoms with Crippen molar-refractivity contribution in [2.75, 3.05) is 7.11 Å². The van der Waals surface area contributed by atoms with Gasteiger partial charge in [-0.3, -0.25) is 9.69 Å². The number of carbonyl (C=O) groups is 1. The number of hydrogen-bond donors (Lipinski definition) is 1. The summed E-state index contributed by atoms with van der Waals surface area (Å²) in [5, 5.41) is 11.7. The summed E-state index contributed by atoms with van der Waals surface area (Å²) in [6, 6.07) is 19.9. The Morgan fingerprint density at radius 2 is 1.78 bits per heavy atom. The quantitative estimate of drug-likeness (QED) is 0.769. The molecule has 5 heteroatoms. The van der Waals surface area contributed by atoms with Gasteiger partial charge in [0.25, 0.3) is 5.91 Å². The number of fused-ring (bicyclic) bond motifs is 1. The number of aliphatic hydroxyl groups is 1. The first kappa shape index (κ1) is 17.2. The van der Waals surface area contributed by atoms with Crippen LogP contribution >= 0.6 is 0 Å². The van der Waals surface area contributed by atoms with Gasteiger partial charge in [0.05, 0.1) is 7.11 Å². The molecule has 0 aliphatic carbocycles. The molecule has 0 saturated carbocycles. The lowest BCUT2D eigenvalue weighted by atomic mass is 9.93. The molecule has 4 nitrogen and oxygen atoms in total. The smallest absolute Gasteiger partial charge is 0.257 e. The van der Waals surface area contributed by atoms with Gasteiger partial charge >= 0.3 is 0 Å². The minimum atomic E-state index is -1.68. The molecule has 1 N–H and O–H groups in total. The van der Waals surface area contributed by atoms with Crippen LogP contribution in [0.1, 0.15) is 27.0 Å². The summed E-state index contributed by atoms with van der Waals surface area (Å²) in [5.41, 5.74) is 0.502. The van der Waals surface area contributed by atoms with Crippen molar-refractivity contribution in [3.05, 3.63) is 101 Å². The first-order chi connectivity index (χ1) is 13.0. The van der Waals surface area contributed by atoms with Crippen molar-refractivity contribution in [3.63, 3.8) is 0 Å². The summed E-state index contributed by atoms with van der Waals surface area (Å²) in [7, 11) is 1.57. The molecule has 3 aromatic rings. The van der Waals surface area contributed by atoms with Crippen LogP contribution in [0.15, 0.2) is 72.8 Å². The average Bonchev–Trinajstić information content (AvgIpc) is 2.92. The highest BCUT2D eigenvalue weighted by molar-refractivity contribution is 6.00. The van der Waals surface area contributed by atoms with Crippen molar-refractivity contribution in [1.82, 2.24) is 4.90 Å². The highest BCUT2D eigenvalue weighted by atomic mass is 19.1. The minimum Gasteiger partial charge on any atom is -0.497 e. The number of benzene rings is 3. The number of ether oxygens (including phenoxy) is 1. The van der Waals surface area contributed by atoms with Crippen LogP contribution in [-0.2, 0) is 12.3 Å². The van der Waals surface area contributed by atoms with Crippen molar-refractivity contribution in [1.29, 1.82) is 0 Å². The summed E-state index contributed by atoms with van der Waals surface area (Å²) < 4.78 is 18.7. The fraction of sp³-hybridized carbons (Fsp3) is 0.136. The van der Waals surface area contributed by atoms with E-state index in [1.165, 1.54) is 29.2 Å². The average molecular weight is 363 g/mol. The summed E-state index contributed by atoms with van der Waals surface area (Å²) in [6.07, 6.45) is 0. The normalized spacial score (nSPS) is 18.5. The zero-order valence-corrected chi connectivity index (χ0v) is 14.7. The molecule has 1 amide bonds. The molecule has 0 fully saturated rings. The van der Waals surface area contributed by atoms with E-state index in [2.05, 4.69) is 0 Å². The fourth-order valence-corrected chi connectivity index (χ4v) is 3.54. The van der Waals surface area contributed by atoms with Crippen molar-refractivity contribution >= 4 is 5.91 Å². The molecular formula is C22H18FNO3. The van der Waals surface area contributed by atoms with E-state index in [4.69, 9.17) is 4.74 Å². The van der Waals surface area contributed by atoms with Gasteiger partial charge in [0.2, 0.25) is 0 Å². The Bertz CT molecular complexity index is 1000. The number of halogens is 1. The van der Waals surface area contributed by atoms with Crippen LogP contribution in [-0.4, -0.2) is 23.0 Å². The van der Waals surface area contributed by atoms with Gasteiger partial charge in [0.15, 0.2) is 5.72 Å². The molecule has 3 aromatic carbocycles. The SMILES string of the molecule is COc1cccc(CN2C(=O)c3ccccc3[C@]2(O)c2ccc(F)cc2)c1. The topological polar surface area (TPSA) is 49.8 Å². The molecule has 1 heterocycles. The molecule has 1 aliphatic rings. The molecule has 27 heavy (non-hydrogen) atoms. The molecule has 1 aliphatic heterocycles. The van der Waals surface area contributed by atoms with Crippen molar-refractivity contribution in [2.24, 2.45) is 0 Å². The van der Waals surface area contributed by atoms with Crippen LogP contribution in [0, 0.1) is 5.82 Å². The first-order valence-corrected chi connectivity index (χ1v) is 8.57. The lowest BCUT2D eigenvalue weighted by Crippen LogP contribution is -2.44. The Morgan fingerprint density at radius 1 is 1.04 bits per heavy atom. The van der Waals surface area contributed by atoms with E-state index in [1.807, 2.05) is 24.3 Å². The lowest BCUT2D eigenvalue weighted by Gasteiger charge is -2.35. The van der Waals surface area contributed by atoms with Crippen LogP contribution < -0.4 is 4.74 Å². The Morgan fingerprint density at radius 3 is 2.52 bits per heavy atom. The van der Waals surface area contributed by atoms with Crippen LogP contribution in [0.4, 0.5) is 4.39 Å². The molecule has 0 bridgehead atoms. The van der Waals surface area contributed by atoms with E-state index in [9.17, 15) is 14.3 Å². The summed E-state index contributed by atoms with van der Waals surface area (Å²) in [5.74, 6) is -0.0125. The van der Waals surface area contributed by atoms with Gasteiger partial charge in [-0.15, -0.1) is 0 Å². The third-order valence-corrected chi connectivity index (χ3v) is 4.89. The summed E-state index contributed by atoms with van der Waals surface area (Å²) in [4.78, 5) is 14.5. The molecule has 1 atom stereocenters. The second-order valence-corrected chi connectivity index (χ2v) is 6.47. The Hall–Kier alpha value is -3.18. The van der Waals surface area contributed by atoms with Crippen LogP contribution in [0.3, 0.4) is 0 Å². The number of carbonyl (C=O) groups excluding carboxylic acids is 1. The molecule has 0 spiro atoms. The maximum absolute atomic E-state index is 13.4. The monoisotopic (exact) mass is 363 g/mol. The van der Waals surface area contributed by atoms with Crippen LogP contribution in [0.25, 0.3) is 0 Å². The van der Waals surface area contributed by atoms with Gasteiger partial charge < -0.3 is 9.84 Å². The molecule has 136 valence electrons. The van der Waals surface area contributed by atoms with Crippen LogP contribution in [0.5, 0.6) is 5.75 Å². The standard InChI is InChI=1S/C22H18FNO3/c1-27-18-6-4-5-15(13-18)14-24-21(25)19-7-2-3-8-20(19)22(24,26)16-9-11-17(23)12-10-16/h2-13,26H,14H2,1H3/t22-/m1/s1. The second kappa shape index (κ2) is 6.52. The van der Waals surface area contributed by atoms with Crippen molar-refractivity contribution in [3.8, 4) is 5.75 Å². The van der Waals surface area contributed by atoms with Gasteiger partial charge in [-0.25, -0.2) is 4.39 Å². The van der Waals surface area contributed by atoms with Gasteiger partial charge in [-0.2, -0.15) is 0 Å². The Balaban J connectivity index is 1.83. The van der Waals surface area contributed by atoms with Crippen molar-refractivity contribution in [2.45, 2.75) is 12.3 Å². The maximum atomic E-state index is 13.4. The zero-order chi connectivity index (χ0) is 19.0. The van der Waals surface area contributed by atoms with Gasteiger partial charge in [-0.1, -0.05) is 42.5 Å². The van der Waals surface area contributed by atoms with Gasteiger partial charge in [-0.05, 0) is 35.9 Å².